The summed E-state index contributed by atoms with van der Waals surface area (Å²) in [6.45, 7) is 4.57. The molecule has 0 fully saturated rings. The van der Waals surface area contributed by atoms with Crippen LogP contribution in [0.25, 0.3) is 17.2 Å². The first-order chi connectivity index (χ1) is 12.7. The first-order valence-corrected chi connectivity index (χ1v) is 9.70. The van der Waals surface area contributed by atoms with Gasteiger partial charge in [0.05, 0.1) is 0 Å². The predicted molar refractivity (Wildman–Crippen MR) is 111 cm³/mol. The Balaban J connectivity index is 1.48. The van der Waals surface area contributed by atoms with Crippen molar-refractivity contribution >= 4 is 6.08 Å². The molecule has 3 aromatic carbocycles. The standard InChI is InChI=1S/C26H24/c1-17-8-7-9-19-16-18(2)20(26(17)19)14-15-25-23-12-5-3-10-21(23)22-11-4-6-13-24(22)25/h3-13,16,20,25H,14-15H2,1-2H3. The average molecular weight is 336 g/mol. The molecule has 26 heavy (non-hydrogen) atoms. The van der Waals surface area contributed by atoms with Crippen LogP contribution in [0, 0.1) is 6.92 Å². The maximum absolute atomic E-state index is 2.39. The fraction of sp³-hybridized carbons (Fsp3) is 0.231. The summed E-state index contributed by atoms with van der Waals surface area (Å²) in [5.74, 6) is 1.11. The maximum atomic E-state index is 2.39. The summed E-state index contributed by atoms with van der Waals surface area (Å²) in [6.07, 6.45) is 4.81. The lowest BCUT2D eigenvalue weighted by molar-refractivity contribution is 0.616. The smallest absolute Gasteiger partial charge is 0.0102 e. The van der Waals surface area contributed by atoms with Gasteiger partial charge in [-0.1, -0.05) is 78.4 Å². The van der Waals surface area contributed by atoms with Crippen molar-refractivity contribution in [2.24, 2.45) is 0 Å². The van der Waals surface area contributed by atoms with Gasteiger partial charge in [-0.3, -0.25) is 0 Å². The van der Waals surface area contributed by atoms with Gasteiger partial charge >= 0.3 is 0 Å². The summed E-state index contributed by atoms with van der Waals surface area (Å²) in [6, 6.07) is 24.7. The number of aryl methyl sites for hydroxylation is 1. The number of benzene rings is 3. The molecular weight excluding hydrogens is 312 g/mol. The lowest BCUT2D eigenvalue weighted by Crippen LogP contribution is -2.04. The molecule has 0 bridgehead atoms. The van der Waals surface area contributed by atoms with Crippen LogP contribution >= 0.6 is 0 Å². The third kappa shape index (κ3) is 2.29. The van der Waals surface area contributed by atoms with E-state index in [4.69, 9.17) is 0 Å². The van der Waals surface area contributed by atoms with E-state index in [0.29, 0.717) is 11.8 Å². The normalized spacial score (nSPS) is 17.6. The molecule has 0 amide bonds. The second kappa shape index (κ2) is 5.99. The molecule has 1 atom stereocenters. The molecule has 0 heteroatoms. The van der Waals surface area contributed by atoms with Gasteiger partial charge in [-0.2, -0.15) is 0 Å². The van der Waals surface area contributed by atoms with Gasteiger partial charge in [0.15, 0.2) is 0 Å². The van der Waals surface area contributed by atoms with E-state index in [0.717, 1.165) is 0 Å². The van der Waals surface area contributed by atoms with Crippen LogP contribution in [0.4, 0.5) is 0 Å². The Morgan fingerprint density at radius 2 is 1.27 bits per heavy atom. The third-order valence-electron chi connectivity index (χ3n) is 6.35. The van der Waals surface area contributed by atoms with Crippen LogP contribution in [0.2, 0.25) is 0 Å². The van der Waals surface area contributed by atoms with E-state index in [1.807, 2.05) is 0 Å². The van der Waals surface area contributed by atoms with E-state index in [1.165, 1.54) is 51.8 Å². The molecule has 0 heterocycles. The molecule has 128 valence electrons. The lowest BCUT2D eigenvalue weighted by atomic mass is 9.84. The van der Waals surface area contributed by atoms with Crippen molar-refractivity contribution in [2.45, 2.75) is 38.5 Å². The molecule has 0 aromatic heterocycles. The zero-order valence-electron chi connectivity index (χ0n) is 15.5. The molecule has 0 aliphatic heterocycles. The van der Waals surface area contributed by atoms with Gasteiger partial charge in [0, 0.05) is 11.8 Å². The largest absolute Gasteiger partial charge is 0.0652 e. The summed E-state index contributed by atoms with van der Waals surface area (Å²) in [4.78, 5) is 0. The van der Waals surface area contributed by atoms with Crippen molar-refractivity contribution < 1.29 is 0 Å². The Hall–Kier alpha value is -2.60. The van der Waals surface area contributed by atoms with Gasteiger partial charge in [0.1, 0.15) is 0 Å². The zero-order valence-corrected chi connectivity index (χ0v) is 15.5. The van der Waals surface area contributed by atoms with E-state index >= 15 is 0 Å². The molecule has 0 N–H and O–H groups in total. The van der Waals surface area contributed by atoms with E-state index < -0.39 is 0 Å². The minimum atomic E-state index is 0.531. The van der Waals surface area contributed by atoms with Crippen LogP contribution < -0.4 is 0 Å². The predicted octanol–water partition coefficient (Wildman–Crippen LogP) is 7.09. The summed E-state index contributed by atoms with van der Waals surface area (Å²) < 4.78 is 0. The van der Waals surface area contributed by atoms with Gasteiger partial charge in [-0.15, -0.1) is 0 Å². The highest BCUT2D eigenvalue weighted by molar-refractivity contribution is 5.78. The number of rotatable bonds is 3. The van der Waals surface area contributed by atoms with Crippen LogP contribution in [0.15, 0.2) is 72.3 Å². The first-order valence-electron chi connectivity index (χ1n) is 9.70. The monoisotopic (exact) mass is 336 g/mol. The Labute approximate surface area is 156 Å². The van der Waals surface area contributed by atoms with Gasteiger partial charge in [0.25, 0.3) is 0 Å². The van der Waals surface area contributed by atoms with Gasteiger partial charge < -0.3 is 0 Å². The number of fused-ring (bicyclic) bond motifs is 4. The summed E-state index contributed by atoms with van der Waals surface area (Å²) >= 11 is 0. The Bertz CT molecular complexity index is 976. The maximum Gasteiger partial charge on any atom is 0.0102 e. The molecule has 5 rings (SSSR count). The highest BCUT2D eigenvalue weighted by atomic mass is 14.3. The third-order valence-corrected chi connectivity index (χ3v) is 6.35. The molecule has 0 saturated heterocycles. The summed E-state index contributed by atoms with van der Waals surface area (Å²) in [5.41, 5.74) is 11.8. The van der Waals surface area contributed by atoms with E-state index in [-0.39, 0.29) is 0 Å². The minimum absolute atomic E-state index is 0.531. The average Bonchev–Trinajstić information content (AvgIpc) is 3.15. The first kappa shape index (κ1) is 15.6. The van der Waals surface area contributed by atoms with Gasteiger partial charge in [-0.05, 0) is 65.6 Å². The Morgan fingerprint density at radius 1 is 0.654 bits per heavy atom. The second-order valence-corrected chi connectivity index (χ2v) is 7.82. The molecule has 0 spiro atoms. The second-order valence-electron chi connectivity index (χ2n) is 7.82. The highest BCUT2D eigenvalue weighted by Gasteiger charge is 2.30. The minimum Gasteiger partial charge on any atom is -0.0652 e. The van der Waals surface area contributed by atoms with E-state index in [1.54, 1.807) is 5.56 Å². The van der Waals surface area contributed by atoms with Gasteiger partial charge in [0.2, 0.25) is 0 Å². The number of allylic oxidation sites excluding steroid dienone is 1. The van der Waals surface area contributed by atoms with Crippen molar-refractivity contribution in [2.75, 3.05) is 0 Å². The van der Waals surface area contributed by atoms with E-state index in [9.17, 15) is 0 Å². The van der Waals surface area contributed by atoms with Crippen LogP contribution in [0.1, 0.15) is 59.4 Å². The van der Waals surface area contributed by atoms with Crippen LogP contribution in [-0.2, 0) is 0 Å². The fourth-order valence-corrected chi connectivity index (χ4v) is 5.15. The zero-order chi connectivity index (χ0) is 17.7. The molecular formula is C26H24. The van der Waals surface area contributed by atoms with Crippen LogP contribution in [0.5, 0.6) is 0 Å². The lowest BCUT2D eigenvalue weighted by Gasteiger charge is -2.20. The number of hydrogen-bond donors (Lipinski definition) is 0. The number of hydrogen-bond acceptors (Lipinski definition) is 0. The van der Waals surface area contributed by atoms with Crippen molar-refractivity contribution in [3.8, 4) is 11.1 Å². The Kier molecular flexibility index (Phi) is 3.60. The van der Waals surface area contributed by atoms with Gasteiger partial charge in [-0.25, -0.2) is 0 Å². The summed E-state index contributed by atoms with van der Waals surface area (Å²) in [5, 5.41) is 0. The molecule has 3 aromatic rings. The van der Waals surface area contributed by atoms with Crippen molar-refractivity contribution in [1.82, 2.24) is 0 Å². The fourth-order valence-electron chi connectivity index (χ4n) is 5.15. The molecule has 1 unspecified atom stereocenters. The quantitative estimate of drug-likeness (QED) is 0.479. The molecule has 0 saturated carbocycles. The molecule has 2 aliphatic carbocycles. The van der Waals surface area contributed by atoms with Crippen LogP contribution in [0.3, 0.4) is 0 Å². The topological polar surface area (TPSA) is 0 Å². The van der Waals surface area contributed by atoms with Crippen molar-refractivity contribution in [1.29, 1.82) is 0 Å². The van der Waals surface area contributed by atoms with Crippen molar-refractivity contribution in [3.63, 3.8) is 0 Å². The van der Waals surface area contributed by atoms with Crippen molar-refractivity contribution in [3.05, 3.63) is 100 Å². The summed E-state index contributed by atoms with van der Waals surface area (Å²) in [7, 11) is 0. The highest BCUT2D eigenvalue weighted by Crippen LogP contribution is 2.49. The molecule has 2 aliphatic rings. The SMILES string of the molecule is CC1=Cc2cccc(C)c2C1CCC1c2ccccc2-c2ccccc21. The van der Waals surface area contributed by atoms with E-state index in [2.05, 4.69) is 86.7 Å². The van der Waals surface area contributed by atoms with Crippen LogP contribution in [-0.4, -0.2) is 0 Å². The molecule has 0 nitrogen and oxygen atoms in total. The molecule has 0 radical (unpaired) electrons. The Morgan fingerprint density at radius 3 is 1.96 bits per heavy atom.